The molecule has 252 valence electrons. The predicted molar refractivity (Wildman–Crippen MR) is 181 cm³/mol. The molecule has 12 heteroatoms. The first-order chi connectivity index (χ1) is 22.1. The maximum absolute atomic E-state index is 14.1. The highest BCUT2D eigenvalue weighted by molar-refractivity contribution is 7.94. The maximum atomic E-state index is 14.1. The van der Waals surface area contributed by atoms with Crippen LogP contribution < -0.4 is 20.1 Å². The summed E-state index contributed by atoms with van der Waals surface area (Å²) in [4.78, 5) is 31.3. The lowest BCUT2D eigenvalue weighted by Crippen LogP contribution is -2.44. The van der Waals surface area contributed by atoms with Crippen LogP contribution in [0.2, 0.25) is 5.02 Å². The normalized spacial score (nSPS) is 16.2. The number of ether oxygens (including phenoxy) is 3. The molecular formula is C35H41ClFN3O6S. The summed E-state index contributed by atoms with van der Waals surface area (Å²) in [5, 5.41) is 5.88. The van der Waals surface area contributed by atoms with Crippen LogP contribution in [-0.2, 0) is 15.0 Å². The number of hydrogen-bond donors (Lipinski definition) is 3. The number of alkyl carbamates (subject to hydrolysis) is 1. The summed E-state index contributed by atoms with van der Waals surface area (Å²) in [6, 6.07) is 13.0. The van der Waals surface area contributed by atoms with Crippen LogP contribution in [-0.4, -0.2) is 46.9 Å². The van der Waals surface area contributed by atoms with Gasteiger partial charge in [0.2, 0.25) is 0 Å². The van der Waals surface area contributed by atoms with Gasteiger partial charge in [0, 0.05) is 29.7 Å². The summed E-state index contributed by atoms with van der Waals surface area (Å²) in [5.74, 6) is 0.126. The number of aromatic nitrogens is 1. The van der Waals surface area contributed by atoms with E-state index in [0.717, 1.165) is 25.7 Å². The standard InChI is InChI=1S/C35H41ClFN3O6S/c1-33(2,3)46-32(42)40-34(4,5)23-17-27(20-7-13-26(37)25(36)15-20)39-30(18-23)35(47-43,22-9-10-22)19-38-31(41)21-8-14-28(29(16-21)44-6)45-24-11-12-24/h7-8,13-18,22,24,43H,9-12,19H2,1-6H3,(H,38,41)(H,40,42). The number of halogens is 2. The van der Waals surface area contributed by atoms with E-state index in [1.165, 1.54) is 19.2 Å². The van der Waals surface area contributed by atoms with Crippen molar-refractivity contribution >= 4 is 35.6 Å². The van der Waals surface area contributed by atoms with Crippen molar-refractivity contribution in [3.8, 4) is 22.8 Å². The Morgan fingerprint density at radius 3 is 2.34 bits per heavy atom. The maximum Gasteiger partial charge on any atom is 0.408 e. The van der Waals surface area contributed by atoms with Crippen LogP contribution in [0.1, 0.15) is 81.9 Å². The molecule has 0 spiro atoms. The number of nitrogens with zero attached hydrogens (tertiary/aromatic N) is 1. The number of nitrogens with one attached hydrogen (secondary N) is 2. The fourth-order valence-electron chi connectivity index (χ4n) is 5.28. The van der Waals surface area contributed by atoms with Crippen molar-refractivity contribution < 1.29 is 32.7 Å². The van der Waals surface area contributed by atoms with Crippen molar-refractivity contribution in [2.45, 2.75) is 82.3 Å². The highest BCUT2D eigenvalue weighted by atomic mass is 35.5. The van der Waals surface area contributed by atoms with Gasteiger partial charge < -0.3 is 29.4 Å². The first-order valence-electron chi connectivity index (χ1n) is 15.6. The second-order valence-electron chi connectivity index (χ2n) is 13.6. The second-order valence-corrected chi connectivity index (χ2v) is 14.9. The summed E-state index contributed by atoms with van der Waals surface area (Å²) >= 11 is 6.79. The van der Waals surface area contributed by atoms with E-state index < -0.39 is 27.8 Å². The van der Waals surface area contributed by atoms with Crippen molar-refractivity contribution in [2.24, 2.45) is 5.92 Å². The molecule has 5 rings (SSSR count). The number of amides is 2. The molecule has 9 nitrogen and oxygen atoms in total. The molecule has 1 unspecified atom stereocenters. The average Bonchev–Trinajstić information content (AvgIpc) is 3.94. The summed E-state index contributed by atoms with van der Waals surface area (Å²) in [6.07, 6.45) is 3.18. The van der Waals surface area contributed by atoms with Crippen LogP contribution in [0, 0.1) is 11.7 Å². The van der Waals surface area contributed by atoms with E-state index in [2.05, 4.69) is 10.6 Å². The molecule has 0 saturated heterocycles. The van der Waals surface area contributed by atoms with Crippen molar-refractivity contribution in [1.29, 1.82) is 0 Å². The van der Waals surface area contributed by atoms with Gasteiger partial charge in [0.15, 0.2) is 11.5 Å². The van der Waals surface area contributed by atoms with Gasteiger partial charge in [-0.2, -0.15) is 0 Å². The van der Waals surface area contributed by atoms with Gasteiger partial charge in [0.1, 0.15) is 16.2 Å². The number of carbonyl (C=O) groups is 2. The molecule has 1 aromatic heterocycles. The monoisotopic (exact) mass is 685 g/mol. The highest BCUT2D eigenvalue weighted by Gasteiger charge is 2.49. The van der Waals surface area contributed by atoms with Crippen molar-refractivity contribution in [2.75, 3.05) is 13.7 Å². The Balaban J connectivity index is 1.50. The largest absolute Gasteiger partial charge is 0.493 e. The first-order valence-corrected chi connectivity index (χ1v) is 16.7. The molecule has 1 heterocycles. The Bertz CT molecular complexity index is 1660. The summed E-state index contributed by atoms with van der Waals surface area (Å²) in [7, 11) is 1.53. The summed E-state index contributed by atoms with van der Waals surface area (Å²) in [6.45, 7) is 9.06. The van der Waals surface area contributed by atoms with Gasteiger partial charge in [-0.1, -0.05) is 11.6 Å². The molecular weight excluding hydrogens is 645 g/mol. The number of hydrogen-bond acceptors (Lipinski definition) is 8. The van der Waals surface area contributed by atoms with Crippen LogP contribution in [0.3, 0.4) is 0 Å². The van der Waals surface area contributed by atoms with E-state index in [1.807, 2.05) is 19.9 Å². The molecule has 0 aliphatic heterocycles. The van der Waals surface area contributed by atoms with Crippen molar-refractivity contribution in [3.05, 3.63) is 76.2 Å². The lowest BCUT2D eigenvalue weighted by molar-refractivity contribution is 0.0470. The Hall–Kier alpha value is -3.54. The smallest absolute Gasteiger partial charge is 0.408 e. The number of pyridine rings is 1. The van der Waals surface area contributed by atoms with Crippen LogP contribution in [0.25, 0.3) is 11.3 Å². The molecule has 2 saturated carbocycles. The zero-order chi connectivity index (χ0) is 34.1. The molecule has 2 amide bonds. The summed E-state index contributed by atoms with van der Waals surface area (Å²) < 4.78 is 41.0. The van der Waals surface area contributed by atoms with E-state index >= 15 is 0 Å². The number of rotatable bonds is 12. The van der Waals surface area contributed by atoms with E-state index in [9.17, 15) is 18.5 Å². The molecule has 0 bridgehead atoms. The van der Waals surface area contributed by atoms with Gasteiger partial charge in [-0.25, -0.2) is 9.18 Å². The molecule has 2 fully saturated rings. The Kier molecular flexibility index (Phi) is 10.0. The van der Waals surface area contributed by atoms with E-state index in [-0.39, 0.29) is 29.5 Å². The van der Waals surface area contributed by atoms with Gasteiger partial charge in [-0.3, -0.25) is 9.78 Å². The number of benzene rings is 2. The first kappa shape index (κ1) is 34.8. The van der Waals surface area contributed by atoms with Crippen molar-refractivity contribution in [1.82, 2.24) is 15.6 Å². The number of carbonyl (C=O) groups excluding carboxylic acids is 2. The second kappa shape index (κ2) is 13.5. The minimum absolute atomic E-state index is 0.00372. The van der Waals surface area contributed by atoms with Gasteiger partial charge in [0.05, 0.1) is 35.2 Å². The van der Waals surface area contributed by atoms with Gasteiger partial charge in [0.25, 0.3) is 5.91 Å². The van der Waals surface area contributed by atoms with Crippen LogP contribution >= 0.6 is 23.6 Å². The minimum atomic E-state index is -1.04. The predicted octanol–water partition coefficient (Wildman–Crippen LogP) is 8.09. The Morgan fingerprint density at radius 2 is 1.74 bits per heavy atom. The third-order valence-electron chi connectivity index (χ3n) is 8.16. The van der Waals surface area contributed by atoms with Gasteiger partial charge in [-0.05, 0) is 120 Å². The molecule has 2 aromatic carbocycles. The third-order valence-corrected chi connectivity index (χ3v) is 9.47. The fraction of sp³-hybridized carbons (Fsp3) is 0.457. The molecule has 3 N–H and O–H groups in total. The van der Waals surface area contributed by atoms with Gasteiger partial charge in [-0.15, -0.1) is 0 Å². The lowest BCUT2D eigenvalue weighted by Gasteiger charge is -2.34. The van der Waals surface area contributed by atoms with Crippen LogP contribution in [0.4, 0.5) is 9.18 Å². The molecule has 3 aromatic rings. The lowest BCUT2D eigenvalue weighted by atomic mass is 9.88. The molecule has 0 radical (unpaired) electrons. The van der Waals surface area contributed by atoms with Crippen molar-refractivity contribution in [3.63, 3.8) is 0 Å². The van der Waals surface area contributed by atoms with E-state index in [4.69, 9.17) is 30.8 Å². The van der Waals surface area contributed by atoms with Crippen LogP contribution in [0.5, 0.6) is 11.5 Å². The minimum Gasteiger partial charge on any atom is -0.493 e. The topological polar surface area (TPSA) is 119 Å². The van der Waals surface area contributed by atoms with Gasteiger partial charge >= 0.3 is 6.09 Å². The zero-order valence-electron chi connectivity index (χ0n) is 27.4. The third kappa shape index (κ3) is 8.31. The number of methoxy groups -OCH3 is 1. The highest BCUT2D eigenvalue weighted by Crippen LogP contribution is 2.53. The summed E-state index contributed by atoms with van der Waals surface area (Å²) in [5.41, 5.74) is 0.864. The average molecular weight is 686 g/mol. The Morgan fingerprint density at radius 1 is 1.02 bits per heavy atom. The molecule has 1 atom stereocenters. The van der Waals surface area contributed by atoms with E-state index in [0.29, 0.717) is 51.6 Å². The molecule has 2 aliphatic rings. The van der Waals surface area contributed by atoms with Crippen LogP contribution in [0.15, 0.2) is 48.5 Å². The zero-order valence-corrected chi connectivity index (χ0v) is 29.0. The fourth-order valence-corrected chi connectivity index (χ4v) is 6.18. The SMILES string of the molecule is COc1cc(C(=O)NCC(SO)(c2cc(C(C)(C)NC(=O)OC(C)(C)C)cc(-c3ccc(F)c(Cl)c3)n2)C2CC2)ccc1OC1CC1. The quantitative estimate of drug-likeness (QED) is 0.164. The van der Waals surface area contributed by atoms with E-state index in [1.54, 1.807) is 51.1 Å². The molecule has 47 heavy (non-hydrogen) atoms. The molecule has 2 aliphatic carbocycles. The Labute approximate surface area is 284 Å².